The number of hydrogen-bond donors (Lipinski definition) is 2. The van der Waals surface area contributed by atoms with Crippen molar-refractivity contribution in [3.8, 4) is 5.75 Å². The average molecular weight is 396 g/mol. The lowest BCUT2D eigenvalue weighted by Crippen LogP contribution is -2.28. The number of carbonyl (C=O) groups excluding carboxylic acids is 1. The minimum atomic E-state index is -4.51. The lowest BCUT2D eigenvalue weighted by atomic mass is 10.2. The first-order chi connectivity index (χ1) is 12.8. The van der Waals surface area contributed by atoms with Crippen molar-refractivity contribution < 1.29 is 27.8 Å². The van der Waals surface area contributed by atoms with Crippen molar-refractivity contribution in [3.05, 3.63) is 59.7 Å². The molecular weight excluding hydrogens is 383 g/mol. The Balaban J connectivity index is 1.91. The smallest absolute Gasteiger partial charge is 0.418 e. The fraction of sp³-hybridized carbons (Fsp3) is 0.118. The van der Waals surface area contributed by atoms with Gasteiger partial charge in [0.25, 0.3) is 0 Å². The van der Waals surface area contributed by atoms with Crippen LogP contribution in [0.5, 0.6) is 5.75 Å². The Hall–Kier alpha value is -3.14. The zero-order valence-electron chi connectivity index (χ0n) is 13.6. The summed E-state index contributed by atoms with van der Waals surface area (Å²) >= 11 is 4.93. The molecule has 10 heteroatoms. The molecule has 0 saturated carbocycles. The number of carboxylic acid groups (broad SMARTS) is 1. The Morgan fingerprint density at radius 1 is 1.19 bits per heavy atom. The largest absolute Gasteiger partial charge is 0.546 e. The van der Waals surface area contributed by atoms with Crippen LogP contribution in [-0.4, -0.2) is 23.9 Å². The lowest BCUT2D eigenvalue weighted by Gasteiger charge is -2.14. The molecule has 0 aliphatic carbocycles. The quantitative estimate of drug-likeness (QED) is 0.442. The number of hydrogen-bond acceptors (Lipinski definition) is 5. The van der Waals surface area contributed by atoms with Gasteiger partial charge in [0.05, 0.1) is 23.4 Å². The number of nitrogens with one attached hydrogen (secondary N) is 2. The van der Waals surface area contributed by atoms with Gasteiger partial charge < -0.3 is 20.0 Å². The number of carboxylic acids is 1. The predicted octanol–water partition coefficient (Wildman–Crippen LogP) is 2.15. The second-order valence-electron chi connectivity index (χ2n) is 5.10. The molecule has 0 unspecified atom stereocenters. The van der Waals surface area contributed by atoms with Crippen LogP contribution in [0, 0.1) is 0 Å². The van der Waals surface area contributed by atoms with Crippen molar-refractivity contribution in [2.75, 3.05) is 11.9 Å². The fourth-order valence-electron chi connectivity index (χ4n) is 1.95. The number of alkyl halides is 3. The SMILES string of the molecule is O=C([O-])COc1ccc(/C=N\NC(=S)Nc2ccccc2C(F)(F)F)cc1. The summed E-state index contributed by atoms with van der Waals surface area (Å²) in [6, 6.07) is 11.2. The molecule has 0 saturated heterocycles. The second kappa shape index (κ2) is 8.99. The lowest BCUT2D eigenvalue weighted by molar-refractivity contribution is -0.307. The van der Waals surface area contributed by atoms with E-state index < -0.39 is 24.3 Å². The van der Waals surface area contributed by atoms with Crippen molar-refractivity contribution in [2.24, 2.45) is 5.10 Å². The number of rotatable bonds is 6. The van der Waals surface area contributed by atoms with Crippen molar-refractivity contribution >= 4 is 35.2 Å². The molecule has 2 rings (SSSR count). The highest BCUT2D eigenvalue weighted by atomic mass is 32.1. The van der Waals surface area contributed by atoms with Crippen LogP contribution in [0.3, 0.4) is 0 Å². The number of halogens is 3. The van der Waals surface area contributed by atoms with Gasteiger partial charge in [-0.2, -0.15) is 18.3 Å². The van der Waals surface area contributed by atoms with Gasteiger partial charge in [-0.05, 0) is 54.2 Å². The summed E-state index contributed by atoms with van der Waals surface area (Å²) in [4.78, 5) is 10.3. The molecule has 0 heterocycles. The number of ether oxygens (including phenoxy) is 1. The number of thiocarbonyl (C=S) groups is 1. The maximum absolute atomic E-state index is 12.9. The maximum Gasteiger partial charge on any atom is 0.418 e. The molecule has 0 aromatic heterocycles. The normalized spacial score (nSPS) is 11.2. The number of anilines is 1. The molecule has 0 radical (unpaired) electrons. The minimum Gasteiger partial charge on any atom is -0.546 e. The topological polar surface area (TPSA) is 85.8 Å². The Kier molecular flexibility index (Phi) is 6.72. The molecule has 0 aliphatic rings. The van der Waals surface area contributed by atoms with E-state index in [0.29, 0.717) is 11.3 Å². The highest BCUT2D eigenvalue weighted by molar-refractivity contribution is 7.80. The van der Waals surface area contributed by atoms with Crippen LogP contribution >= 0.6 is 12.2 Å². The van der Waals surface area contributed by atoms with E-state index in [4.69, 9.17) is 17.0 Å². The molecule has 2 aromatic carbocycles. The van der Waals surface area contributed by atoms with Crippen LogP contribution in [-0.2, 0) is 11.0 Å². The van der Waals surface area contributed by atoms with Gasteiger partial charge >= 0.3 is 6.18 Å². The summed E-state index contributed by atoms with van der Waals surface area (Å²) in [5.74, 6) is -0.997. The molecule has 0 bridgehead atoms. The molecule has 0 spiro atoms. The number of carbonyl (C=O) groups is 1. The Labute approximate surface area is 157 Å². The van der Waals surface area contributed by atoms with E-state index in [1.54, 1.807) is 12.1 Å². The first-order valence-corrected chi connectivity index (χ1v) is 7.85. The number of aliphatic carboxylic acids is 1. The van der Waals surface area contributed by atoms with Crippen molar-refractivity contribution in [2.45, 2.75) is 6.18 Å². The predicted molar refractivity (Wildman–Crippen MR) is 95.3 cm³/mol. The van der Waals surface area contributed by atoms with Crippen LogP contribution in [0.1, 0.15) is 11.1 Å². The van der Waals surface area contributed by atoms with E-state index in [1.165, 1.54) is 36.5 Å². The highest BCUT2D eigenvalue weighted by Gasteiger charge is 2.33. The Morgan fingerprint density at radius 2 is 1.85 bits per heavy atom. The highest BCUT2D eigenvalue weighted by Crippen LogP contribution is 2.34. The molecule has 6 nitrogen and oxygen atoms in total. The van der Waals surface area contributed by atoms with Gasteiger partial charge in [0.15, 0.2) is 5.11 Å². The number of nitrogens with zero attached hydrogens (tertiary/aromatic N) is 1. The number of para-hydroxylation sites is 1. The third-order valence-corrected chi connectivity index (χ3v) is 3.29. The van der Waals surface area contributed by atoms with Gasteiger partial charge in [-0.15, -0.1) is 0 Å². The van der Waals surface area contributed by atoms with Crippen LogP contribution in [0.4, 0.5) is 18.9 Å². The molecule has 2 aromatic rings. The number of benzene rings is 2. The standard InChI is InChI=1S/C17H14F3N3O3S/c18-17(19,20)13-3-1-2-4-14(13)22-16(27)23-21-9-11-5-7-12(8-6-11)26-10-15(24)25/h1-9H,10H2,(H,24,25)(H2,22,23,27)/p-1/b21-9-. The Morgan fingerprint density at radius 3 is 2.48 bits per heavy atom. The van der Waals surface area contributed by atoms with Crippen molar-refractivity contribution in [3.63, 3.8) is 0 Å². The minimum absolute atomic E-state index is 0.114. The van der Waals surface area contributed by atoms with Crippen molar-refractivity contribution in [1.29, 1.82) is 0 Å². The van der Waals surface area contributed by atoms with Gasteiger partial charge in [-0.1, -0.05) is 12.1 Å². The average Bonchev–Trinajstić information content (AvgIpc) is 2.60. The monoisotopic (exact) mass is 396 g/mol. The van der Waals surface area contributed by atoms with E-state index in [0.717, 1.165) is 6.07 Å². The van der Waals surface area contributed by atoms with Gasteiger partial charge in [0.2, 0.25) is 0 Å². The van der Waals surface area contributed by atoms with E-state index in [1.807, 2.05) is 0 Å². The summed E-state index contributed by atoms with van der Waals surface area (Å²) in [5, 5.41) is 16.5. The molecule has 27 heavy (non-hydrogen) atoms. The summed E-state index contributed by atoms with van der Waals surface area (Å²) < 4.78 is 43.7. The molecule has 2 N–H and O–H groups in total. The summed E-state index contributed by atoms with van der Waals surface area (Å²) in [5.41, 5.74) is 2.01. The van der Waals surface area contributed by atoms with E-state index >= 15 is 0 Å². The van der Waals surface area contributed by atoms with Crippen LogP contribution in [0.2, 0.25) is 0 Å². The van der Waals surface area contributed by atoms with Gasteiger partial charge in [0.1, 0.15) is 12.4 Å². The van der Waals surface area contributed by atoms with Gasteiger partial charge in [-0.3, -0.25) is 5.43 Å². The third-order valence-electron chi connectivity index (χ3n) is 3.10. The summed E-state index contributed by atoms with van der Waals surface area (Å²) in [6.07, 6.45) is -3.13. The van der Waals surface area contributed by atoms with Crippen molar-refractivity contribution in [1.82, 2.24) is 5.43 Å². The van der Waals surface area contributed by atoms with E-state index in [-0.39, 0.29) is 10.8 Å². The maximum atomic E-state index is 12.9. The first kappa shape index (κ1) is 20.2. The fourth-order valence-corrected chi connectivity index (χ4v) is 2.11. The summed E-state index contributed by atoms with van der Waals surface area (Å²) in [7, 11) is 0. The van der Waals surface area contributed by atoms with Gasteiger partial charge in [0, 0.05) is 0 Å². The molecule has 142 valence electrons. The van der Waals surface area contributed by atoms with Crippen LogP contribution < -0.4 is 20.6 Å². The molecule has 0 amide bonds. The summed E-state index contributed by atoms with van der Waals surface area (Å²) in [6.45, 7) is -0.561. The van der Waals surface area contributed by atoms with Crippen LogP contribution in [0.25, 0.3) is 0 Å². The second-order valence-corrected chi connectivity index (χ2v) is 5.51. The van der Waals surface area contributed by atoms with Gasteiger partial charge in [-0.25, -0.2) is 0 Å². The molecule has 0 fully saturated rings. The Bertz CT molecular complexity index is 839. The zero-order valence-corrected chi connectivity index (χ0v) is 14.4. The number of hydrazone groups is 1. The first-order valence-electron chi connectivity index (χ1n) is 7.44. The van der Waals surface area contributed by atoms with Crippen LogP contribution in [0.15, 0.2) is 53.6 Å². The van der Waals surface area contributed by atoms with E-state index in [2.05, 4.69) is 15.8 Å². The molecular formula is C17H13F3N3O3S-. The van der Waals surface area contributed by atoms with E-state index in [9.17, 15) is 23.1 Å². The zero-order chi connectivity index (χ0) is 19.9. The third kappa shape index (κ3) is 6.59. The molecule has 0 aliphatic heterocycles. The molecule has 0 atom stereocenters.